The molecule has 1 unspecified atom stereocenters. The summed E-state index contributed by atoms with van der Waals surface area (Å²) in [6.07, 6.45) is 23.4. The van der Waals surface area contributed by atoms with Crippen molar-refractivity contribution in [3.8, 4) is 0 Å². The van der Waals surface area contributed by atoms with Crippen LogP contribution in [0.5, 0.6) is 0 Å². The number of aliphatic hydroxyl groups excluding tert-OH is 1. The minimum atomic E-state index is -1.61. The smallest absolute Gasteiger partial charge is 0.306 e. The Hall–Kier alpha value is -3.81. The van der Waals surface area contributed by atoms with Crippen molar-refractivity contribution in [1.29, 1.82) is 0 Å². The Morgan fingerprint density at radius 3 is 1.57 bits per heavy atom. The molecule has 77 heavy (non-hydrogen) atoms. The highest BCUT2D eigenvalue weighted by Crippen LogP contribution is 2.33. The first kappa shape index (κ1) is 71.2. The Kier molecular flexibility index (Phi) is 41.6. The number of hydrogen-bond acceptors (Lipinski definition) is 15. The van der Waals surface area contributed by atoms with Gasteiger partial charge in [0.1, 0.15) is 54.6 Å². The van der Waals surface area contributed by atoms with Crippen molar-refractivity contribution >= 4 is 58.4 Å². The second-order valence-corrected chi connectivity index (χ2v) is 22.2. The van der Waals surface area contributed by atoms with Crippen molar-refractivity contribution < 1.29 is 67.1 Å². The summed E-state index contributed by atoms with van der Waals surface area (Å²) in [5.41, 5.74) is 4.22. The van der Waals surface area contributed by atoms with E-state index in [2.05, 4.69) is 41.5 Å². The second kappa shape index (κ2) is 45.0. The number of rotatable bonds is 47. The van der Waals surface area contributed by atoms with Gasteiger partial charge >= 0.3 is 17.9 Å². The summed E-state index contributed by atoms with van der Waals surface area (Å²) in [5, 5.41) is 19.1. The number of amides is 4. The van der Waals surface area contributed by atoms with Crippen LogP contribution in [0.3, 0.4) is 0 Å². The van der Waals surface area contributed by atoms with Crippen molar-refractivity contribution in [2.45, 2.75) is 308 Å². The summed E-state index contributed by atoms with van der Waals surface area (Å²) in [7, 11) is 1.18. The van der Waals surface area contributed by atoms with Crippen LogP contribution >= 0.6 is 11.8 Å². The van der Waals surface area contributed by atoms with Gasteiger partial charge in [0, 0.05) is 26.2 Å². The Morgan fingerprint density at radius 1 is 0.610 bits per heavy atom. The third-order valence-electron chi connectivity index (χ3n) is 14.0. The molecule has 18 nitrogen and oxygen atoms in total. The third kappa shape index (κ3) is 34.7. The average molecular weight is 1110 g/mol. The maximum atomic E-state index is 14.2. The standard InChI is InChI=1S/C58H104N4O14S/c1-8-11-14-17-20-22-23-25-28-31-34-37-50(66)75-45(35-32-29-27-24-21-18-15-12-9-2)40-51(67)77-58-52(61-44(6)63)54(53(68)47(76-58)41-73-49(65)36-33-30-26-19-16-13-10-3)74-43(5)57(71)60-42(4)56(70)62-46(55(59)69)38-39-48(64)72-7/h42-43,45-47,52-54,58,68H,8-41H2,1-7H3,(H2,59,69)(H,60,71)(H,61,63)(H,62,70)/t42-,43?,45+,46+,47+,52+,53+,54-,58-/m0/s1. The van der Waals surface area contributed by atoms with Gasteiger partial charge in [-0.2, -0.15) is 0 Å². The van der Waals surface area contributed by atoms with Crippen LogP contribution in [-0.2, 0) is 62.0 Å². The molecule has 0 aliphatic carbocycles. The molecule has 0 radical (unpaired) electrons. The minimum Gasteiger partial charge on any atom is -0.469 e. The summed E-state index contributed by atoms with van der Waals surface area (Å²) in [6, 6.07) is -3.71. The van der Waals surface area contributed by atoms with E-state index in [1.54, 1.807) is 0 Å². The lowest BCUT2D eigenvalue weighted by Gasteiger charge is -2.44. The van der Waals surface area contributed by atoms with Crippen LogP contribution in [0.1, 0.15) is 253 Å². The summed E-state index contributed by atoms with van der Waals surface area (Å²) in [5.74, 6) is -4.53. The van der Waals surface area contributed by atoms with E-state index in [9.17, 15) is 43.5 Å². The summed E-state index contributed by atoms with van der Waals surface area (Å²) in [4.78, 5) is 104. The number of methoxy groups -OCH3 is 1. The highest BCUT2D eigenvalue weighted by atomic mass is 32.2. The molecule has 446 valence electrons. The normalized spacial score (nSPS) is 18.8. The van der Waals surface area contributed by atoms with E-state index in [4.69, 9.17) is 24.7 Å². The van der Waals surface area contributed by atoms with Gasteiger partial charge in [-0.05, 0) is 46.0 Å². The van der Waals surface area contributed by atoms with Crippen molar-refractivity contribution in [2.75, 3.05) is 13.7 Å². The van der Waals surface area contributed by atoms with E-state index >= 15 is 0 Å². The number of unbranched alkanes of at least 4 members (excludes halogenated alkanes) is 24. The molecule has 0 bridgehead atoms. The van der Waals surface area contributed by atoms with E-state index in [1.807, 2.05) is 0 Å². The number of thioether (sulfide) groups is 1. The largest absolute Gasteiger partial charge is 0.469 e. The van der Waals surface area contributed by atoms with Crippen LogP contribution in [0.25, 0.3) is 0 Å². The molecule has 1 aliphatic rings. The number of hydrogen-bond donors (Lipinski definition) is 5. The fraction of sp³-hybridized carbons (Fsp3) is 0.862. The number of carbonyl (C=O) groups excluding carboxylic acids is 8. The van der Waals surface area contributed by atoms with Crippen LogP contribution < -0.4 is 21.7 Å². The first-order valence-corrected chi connectivity index (χ1v) is 30.6. The number of nitrogens with one attached hydrogen (secondary N) is 3. The molecule has 6 N–H and O–H groups in total. The van der Waals surface area contributed by atoms with Gasteiger partial charge in [-0.25, -0.2) is 0 Å². The molecule has 1 saturated heterocycles. The van der Waals surface area contributed by atoms with E-state index < -0.39 is 101 Å². The number of primary amides is 1. The Morgan fingerprint density at radius 2 is 1.09 bits per heavy atom. The third-order valence-corrected chi connectivity index (χ3v) is 15.1. The molecular weight excluding hydrogens is 1010 g/mol. The minimum absolute atomic E-state index is 0.137. The lowest BCUT2D eigenvalue weighted by molar-refractivity contribution is -0.204. The zero-order chi connectivity index (χ0) is 57.2. The van der Waals surface area contributed by atoms with Crippen molar-refractivity contribution in [3.63, 3.8) is 0 Å². The lowest BCUT2D eigenvalue weighted by atomic mass is 9.97. The van der Waals surface area contributed by atoms with Gasteiger partial charge in [0.2, 0.25) is 23.6 Å². The van der Waals surface area contributed by atoms with Gasteiger partial charge in [0.15, 0.2) is 5.12 Å². The predicted octanol–water partition coefficient (Wildman–Crippen LogP) is 9.65. The molecule has 1 aliphatic heterocycles. The summed E-state index contributed by atoms with van der Waals surface area (Å²) < 4.78 is 28.8. The molecule has 0 spiro atoms. The van der Waals surface area contributed by atoms with Crippen molar-refractivity contribution in [2.24, 2.45) is 5.73 Å². The molecule has 0 aromatic heterocycles. The predicted molar refractivity (Wildman–Crippen MR) is 300 cm³/mol. The first-order valence-electron chi connectivity index (χ1n) is 29.7. The van der Waals surface area contributed by atoms with Gasteiger partial charge in [-0.15, -0.1) is 0 Å². The molecule has 4 amide bonds. The van der Waals surface area contributed by atoms with Gasteiger partial charge in [-0.1, -0.05) is 187 Å². The van der Waals surface area contributed by atoms with Gasteiger partial charge < -0.3 is 50.5 Å². The maximum absolute atomic E-state index is 14.2. The highest BCUT2D eigenvalue weighted by molar-refractivity contribution is 8.14. The van der Waals surface area contributed by atoms with Crippen molar-refractivity contribution in [1.82, 2.24) is 16.0 Å². The average Bonchev–Trinajstić information content (AvgIpc) is 3.39. The molecular formula is C58H104N4O14S. The lowest BCUT2D eigenvalue weighted by Crippen LogP contribution is -2.65. The summed E-state index contributed by atoms with van der Waals surface area (Å²) >= 11 is 0.734. The van der Waals surface area contributed by atoms with E-state index in [1.165, 1.54) is 105 Å². The Labute approximate surface area is 466 Å². The van der Waals surface area contributed by atoms with Crippen LogP contribution in [0, 0.1) is 0 Å². The molecule has 19 heteroatoms. The monoisotopic (exact) mass is 1110 g/mol. The van der Waals surface area contributed by atoms with Gasteiger partial charge in [-0.3, -0.25) is 38.4 Å². The van der Waals surface area contributed by atoms with E-state index in [-0.39, 0.29) is 38.1 Å². The molecule has 1 fully saturated rings. The first-order chi connectivity index (χ1) is 37.0. The van der Waals surface area contributed by atoms with Crippen molar-refractivity contribution in [3.05, 3.63) is 0 Å². The number of ether oxygens (including phenoxy) is 5. The molecule has 1 rings (SSSR count). The van der Waals surface area contributed by atoms with Gasteiger partial charge in [0.25, 0.3) is 0 Å². The number of esters is 3. The number of nitrogens with two attached hydrogens (primary N) is 1. The highest BCUT2D eigenvalue weighted by Gasteiger charge is 2.49. The zero-order valence-corrected chi connectivity index (χ0v) is 49.3. The number of aliphatic hydroxyl groups is 1. The van der Waals surface area contributed by atoms with E-state index in [0.29, 0.717) is 19.3 Å². The van der Waals surface area contributed by atoms with Crippen LogP contribution in [-0.4, -0.2) is 120 Å². The van der Waals surface area contributed by atoms with Crippen LogP contribution in [0.15, 0.2) is 0 Å². The Balaban J connectivity index is 3.29. The van der Waals surface area contributed by atoms with Gasteiger partial charge in [0.05, 0.1) is 19.6 Å². The fourth-order valence-corrected chi connectivity index (χ4v) is 10.4. The molecule has 1 heterocycles. The van der Waals surface area contributed by atoms with Crippen LogP contribution in [0.4, 0.5) is 0 Å². The number of carbonyl (C=O) groups is 8. The molecule has 0 aromatic carbocycles. The fourth-order valence-electron chi connectivity index (χ4n) is 9.25. The topological polar surface area (TPSA) is 265 Å². The Bertz CT molecular complexity index is 1670. The molecule has 0 saturated carbocycles. The molecule has 9 atom stereocenters. The quantitative estimate of drug-likeness (QED) is 0.0216. The second-order valence-electron chi connectivity index (χ2n) is 21.1. The maximum Gasteiger partial charge on any atom is 0.306 e. The zero-order valence-electron chi connectivity index (χ0n) is 48.5. The summed E-state index contributed by atoms with van der Waals surface area (Å²) in [6.45, 7) is 10.1. The molecule has 0 aromatic rings. The van der Waals surface area contributed by atoms with E-state index in [0.717, 1.165) is 95.2 Å². The SMILES string of the molecule is CCCCCCCCCCCCCC(=O)O[C@H](CCCCCCCCCCC)CC(=O)S[C@@H]1O[C@H](COC(=O)CCCCCCCCC)[C@@H](O)[C@@H](OC(C)C(=O)N[C@@H](C)C(=O)N[C@H](CCC(=O)OC)C(N)=O)[C@H]1NC(C)=O. The van der Waals surface area contributed by atoms with Crippen LogP contribution in [0.2, 0.25) is 0 Å².